The van der Waals surface area contributed by atoms with E-state index in [1.165, 1.54) is 0 Å². The summed E-state index contributed by atoms with van der Waals surface area (Å²) in [4.78, 5) is 16.4. The molecule has 1 amide bonds. The molecule has 0 bridgehead atoms. The Labute approximate surface area is 136 Å². The standard InChI is InChI=1S/C16H24ClN3O2/c1-13(21)11-19-6-8-20(9-7-19)12-16(22)18-10-14-4-2-3-5-15(14)17/h2-5,13,21H,6-12H2,1H3,(H,18,22)/t13-/m0/s1. The second kappa shape index (κ2) is 8.48. The summed E-state index contributed by atoms with van der Waals surface area (Å²) in [6, 6.07) is 7.52. The van der Waals surface area contributed by atoms with E-state index in [0.29, 0.717) is 24.7 Å². The Balaban J connectivity index is 1.69. The number of carbonyl (C=O) groups excluding carboxylic acids is 1. The molecule has 0 radical (unpaired) electrons. The molecule has 0 spiro atoms. The third kappa shape index (κ3) is 5.57. The molecule has 1 saturated heterocycles. The predicted octanol–water partition coefficient (Wildman–Crippen LogP) is 0.955. The van der Waals surface area contributed by atoms with Crippen LogP contribution in [0, 0.1) is 0 Å². The zero-order chi connectivity index (χ0) is 15.9. The Morgan fingerprint density at radius 3 is 2.55 bits per heavy atom. The minimum Gasteiger partial charge on any atom is -0.392 e. The molecule has 5 nitrogen and oxygen atoms in total. The molecule has 1 atom stereocenters. The predicted molar refractivity (Wildman–Crippen MR) is 87.9 cm³/mol. The average Bonchev–Trinajstić information content (AvgIpc) is 2.48. The number of aliphatic hydroxyl groups is 1. The lowest BCUT2D eigenvalue weighted by atomic mass is 10.2. The first-order valence-electron chi connectivity index (χ1n) is 7.67. The van der Waals surface area contributed by atoms with Gasteiger partial charge in [0.1, 0.15) is 0 Å². The van der Waals surface area contributed by atoms with Gasteiger partial charge in [-0.1, -0.05) is 29.8 Å². The van der Waals surface area contributed by atoms with Crippen molar-refractivity contribution in [1.82, 2.24) is 15.1 Å². The number of hydrogen-bond donors (Lipinski definition) is 2. The molecule has 1 fully saturated rings. The summed E-state index contributed by atoms with van der Waals surface area (Å²) in [5.41, 5.74) is 0.930. The van der Waals surface area contributed by atoms with Gasteiger partial charge >= 0.3 is 0 Å². The van der Waals surface area contributed by atoms with Crippen molar-refractivity contribution in [2.45, 2.75) is 19.6 Å². The first-order valence-corrected chi connectivity index (χ1v) is 8.05. The molecule has 122 valence electrons. The number of nitrogens with zero attached hydrogens (tertiary/aromatic N) is 2. The monoisotopic (exact) mass is 325 g/mol. The SMILES string of the molecule is C[C@H](O)CN1CCN(CC(=O)NCc2ccccc2Cl)CC1. The van der Waals surface area contributed by atoms with Gasteiger partial charge in [0.25, 0.3) is 0 Å². The average molecular weight is 326 g/mol. The van der Waals surface area contributed by atoms with Crippen LogP contribution in [0.2, 0.25) is 5.02 Å². The molecule has 1 aromatic rings. The van der Waals surface area contributed by atoms with Crippen LogP contribution in [-0.2, 0) is 11.3 Å². The Kier molecular flexibility index (Phi) is 6.64. The molecule has 1 heterocycles. The van der Waals surface area contributed by atoms with E-state index in [-0.39, 0.29) is 12.0 Å². The highest BCUT2D eigenvalue weighted by Crippen LogP contribution is 2.14. The van der Waals surface area contributed by atoms with Gasteiger partial charge in [-0.3, -0.25) is 14.6 Å². The molecule has 2 rings (SSSR count). The molecule has 0 unspecified atom stereocenters. The molecular weight excluding hydrogens is 302 g/mol. The maximum Gasteiger partial charge on any atom is 0.234 e. The Hall–Kier alpha value is -1.14. The van der Waals surface area contributed by atoms with Crippen molar-refractivity contribution in [3.63, 3.8) is 0 Å². The first-order chi connectivity index (χ1) is 10.5. The number of nitrogens with one attached hydrogen (secondary N) is 1. The van der Waals surface area contributed by atoms with E-state index in [4.69, 9.17) is 11.6 Å². The van der Waals surface area contributed by atoms with Crippen molar-refractivity contribution < 1.29 is 9.90 Å². The summed E-state index contributed by atoms with van der Waals surface area (Å²) in [5.74, 6) is 0.0175. The maximum absolute atomic E-state index is 12.0. The third-order valence-electron chi connectivity index (χ3n) is 3.79. The van der Waals surface area contributed by atoms with Crippen LogP contribution in [0.3, 0.4) is 0 Å². The number of carbonyl (C=O) groups is 1. The fourth-order valence-corrected chi connectivity index (χ4v) is 2.80. The molecule has 22 heavy (non-hydrogen) atoms. The van der Waals surface area contributed by atoms with E-state index in [1.54, 1.807) is 6.92 Å². The number of rotatable bonds is 6. The van der Waals surface area contributed by atoms with Crippen LogP contribution >= 0.6 is 11.6 Å². The van der Waals surface area contributed by atoms with Crippen molar-refractivity contribution in [1.29, 1.82) is 0 Å². The summed E-state index contributed by atoms with van der Waals surface area (Å²) in [6.07, 6.45) is -0.300. The van der Waals surface area contributed by atoms with Gasteiger partial charge in [0.15, 0.2) is 0 Å². The first kappa shape index (κ1) is 17.2. The summed E-state index contributed by atoms with van der Waals surface area (Å²) in [5, 5.41) is 13.0. The van der Waals surface area contributed by atoms with Crippen LogP contribution in [0.15, 0.2) is 24.3 Å². The summed E-state index contributed by atoms with van der Waals surface area (Å²) in [6.45, 7) is 6.86. The van der Waals surface area contributed by atoms with Gasteiger partial charge in [-0.25, -0.2) is 0 Å². The second-order valence-electron chi connectivity index (χ2n) is 5.79. The van der Waals surface area contributed by atoms with Crippen LogP contribution in [-0.4, -0.2) is 66.2 Å². The lowest BCUT2D eigenvalue weighted by Crippen LogP contribution is -2.50. The van der Waals surface area contributed by atoms with Crippen molar-refractivity contribution in [3.05, 3.63) is 34.9 Å². The second-order valence-corrected chi connectivity index (χ2v) is 6.20. The zero-order valence-electron chi connectivity index (χ0n) is 13.0. The minimum atomic E-state index is -0.300. The smallest absolute Gasteiger partial charge is 0.234 e. The van der Waals surface area contributed by atoms with Crippen LogP contribution < -0.4 is 5.32 Å². The molecule has 1 aliphatic rings. The minimum absolute atomic E-state index is 0.0175. The fraction of sp³-hybridized carbons (Fsp3) is 0.562. The van der Waals surface area contributed by atoms with E-state index in [2.05, 4.69) is 15.1 Å². The van der Waals surface area contributed by atoms with Crippen molar-refractivity contribution in [2.24, 2.45) is 0 Å². The molecule has 0 saturated carbocycles. The Morgan fingerprint density at radius 2 is 1.91 bits per heavy atom. The van der Waals surface area contributed by atoms with Crippen molar-refractivity contribution in [2.75, 3.05) is 39.3 Å². The van der Waals surface area contributed by atoms with Crippen molar-refractivity contribution in [3.8, 4) is 0 Å². The summed E-state index contributed by atoms with van der Waals surface area (Å²) in [7, 11) is 0. The van der Waals surface area contributed by atoms with Gasteiger partial charge in [0.05, 0.1) is 12.6 Å². The molecule has 1 aliphatic heterocycles. The molecule has 2 N–H and O–H groups in total. The Bertz CT molecular complexity index is 488. The fourth-order valence-electron chi connectivity index (χ4n) is 2.60. The van der Waals surface area contributed by atoms with E-state index in [1.807, 2.05) is 24.3 Å². The molecule has 0 aliphatic carbocycles. The van der Waals surface area contributed by atoms with Gasteiger partial charge in [-0.15, -0.1) is 0 Å². The van der Waals surface area contributed by atoms with E-state index < -0.39 is 0 Å². The topological polar surface area (TPSA) is 55.8 Å². The van der Waals surface area contributed by atoms with Gasteiger partial charge in [-0.05, 0) is 18.6 Å². The van der Waals surface area contributed by atoms with Gasteiger partial charge < -0.3 is 10.4 Å². The lowest BCUT2D eigenvalue weighted by molar-refractivity contribution is -0.122. The van der Waals surface area contributed by atoms with Crippen LogP contribution in [0.5, 0.6) is 0 Å². The number of benzene rings is 1. The van der Waals surface area contributed by atoms with E-state index in [0.717, 1.165) is 31.7 Å². The van der Waals surface area contributed by atoms with Crippen LogP contribution in [0.25, 0.3) is 0 Å². The highest BCUT2D eigenvalue weighted by atomic mass is 35.5. The van der Waals surface area contributed by atoms with Gasteiger partial charge in [0.2, 0.25) is 5.91 Å². The Morgan fingerprint density at radius 1 is 1.27 bits per heavy atom. The number of amides is 1. The number of hydrogen-bond acceptors (Lipinski definition) is 4. The largest absolute Gasteiger partial charge is 0.392 e. The quantitative estimate of drug-likeness (QED) is 0.818. The molecular formula is C16H24ClN3O2. The number of piperazine rings is 1. The summed E-state index contributed by atoms with van der Waals surface area (Å²) >= 11 is 6.07. The van der Waals surface area contributed by atoms with Crippen molar-refractivity contribution >= 4 is 17.5 Å². The molecule has 1 aromatic carbocycles. The normalized spacial score (nSPS) is 18.1. The van der Waals surface area contributed by atoms with E-state index >= 15 is 0 Å². The maximum atomic E-state index is 12.0. The number of β-amino-alcohol motifs (C(OH)–C–C–N with tert-alkyl or cyclic N) is 1. The highest BCUT2D eigenvalue weighted by molar-refractivity contribution is 6.31. The van der Waals surface area contributed by atoms with Gasteiger partial charge in [0, 0.05) is 44.3 Å². The number of halogens is 1. The van der Waals surface area contributed by atoms with Crippen LogP contribution in [0.4, 0.5) is 0 Å². The van der Waals surface area contributed by atoms with Gasteiger partial charge in [-0.2, -0.15) is 0 Å². The zero-order valence-corrected chi connectivity index (χ0v) is 13.7. The lowest BCUT2D eigenvalue weighted by Gasteiger charge is -2.34. The van der Waals surface area contributed by atoms with E-state index in [9.17, 15) is 9.90 Å². The summed E-state index contributed by atoms with van der Waals surface area (Å²) < 4.78 is 0. The molecule has 0 aromatic heterocycles. The molecule has 6 heteroatoms. The highest BCUT2D eigenvalue weighted by Gasteiger charge is 2.19. The van der Waals surface area contributed by atoms with Crippen LogP contribution in [0.1, 0.15) is 12.5 Å². The number of aliphatic hydroxyl groups excluding tert-OH is 1. The third-order valence-corrected chi connectivity index (χ3v) is 4.16.